The molecule has 1 amide bonds. The molecule has 11 heteroatoms. The lowest BCUT2D eigenvalue weighted by Gasteiger charge is -2.25. The lowest BCUT2D eigenvalue weighted by atomic mass is 10.2. The van der Waals surface area contributed by atoms with Crippen LogP contribution in [0.25, 0.3) is 0 Å². The Kier molecular flexibility index (Phi) is 5.18. The number of rotatable bonds is 3. The van der Waals surface area contributed by atoms with Crippen LogP contribution in [0.15, 0.2) is 36.7 Å². The van der Waals surface area contributed by atoms with E-state index >= 15 is 0 Å². The van der Waals surface area contributed by atoms with Crippen LogP contribution >= 0.6 is 0 Å². The summed E-state index contributed by atoms with van der Waals surface area (Å²) >= 11 is 0. The van der Waals surface area contributed by atoms with Gasteiger partial charge in [0, 0.05) is 18.9 Å². The highest BCUT2D eigenvalue weighted by molar-refractivity contribution is 5.96. The van der Waals surface area contributed by atoms with Crippen molar-refractivity contribution >= 4 is 17.5 Å². The molecule has 3 heterocycles. The minimum atomic E-state index is -4.54. The summed E-state index contributed by atoms with van der Waals surface area (Å²) in [5.41, 5.74) is -1.84. The third-order valence-corrected chi connectivity index (χ3v) is 4.27. The third kappa shape index (κ3) is 4.34. The standard InChI is InChI=1S/C17H14F6N4O/c18-16(19,20)10-3-5-13(24-8-10)26-15(28)12-2-1-7-27(12)14-6-4-11(9-25-14)17(21,22)23/h3-6,8-9,12H,1-2,7H2,(H,24,26,28). The zero-order chi connectivity index (χ0) is 20.5. The van der Waals surface area contributed by atoms with Crippen molar-refractivity contribution < 1.29 is 31.1 Å². The van der Waals surface area contributed by atoms with E-state index in [4.69, 9.17) is 0 Å². The Morgan fingerprint density at radius 3 is 2.07 bits per heavy atom. The van der Waals surface area contributed by atoms with Crippen LogP contribution in [0.2, 0.25) is 0 Å². The van der Waals surface area contributed by atoms with Gasteiger partial charge >= 0.3 is 12.4 Å². The van der Waals surface area contributed by atoms with Crippen molar-refractivity contribution in [3.63, 3.8) is 0 Å². The van der Waals surface area contributed by atoms with Gasteiger partial charge < -0.3 is 10.2 Å². The maximum atomic E-state index is 12.7. The molecule has 1 unspecified atom stereocenters. The molecule has 2 aromatic rings. The van der Waals surface area contributed by atoms with Gasteiger partial charge in [-0.25, -0.2) is 9.97 Å². The van der Waals surface area contributed by atoms with Crippen LogP contribution in [0.1, 0.15) is 24.0 Å². The van der Waals surface area contributed by atoms with Crippen LogP contribution in [0, 0.1) is 0 Å². The van der Waals surface area contributed by atoms with Gasteiger partial charge in [-0.2, -0.15) is 26.3 Å². The SMILES string of the molecule is O=C(Nc1ccc(C(F)(F)F)cn1)C1CCCN1c1ccc(C(F)(F)F)cn1. The molecule has 0 saturated carbocycles. The highest BCUT2D eigenvalue weighted by atomic mass is 19.4. The number of carbonyl (C=O) groups excluding carboxylic acids is 1. The summed E-state index contributed by atoms with van der Waals surface area (Å²) in [5.74, 6) is -0.359. The number of amides is 1. The molecular weight excluding hydrogens is 390 g/mol. The lowest BCUT2D eigenvalue weighted by Crippen LogP contribution is -2.40. The topological polar surface area (TPSA) is 58.1 Å². The van der Waals surface area contributed by atoms with E-state index in [9.17, 15) is 31.1 Å². The molecule has 1 fully saturated rings. The predicted molar refractivity (Wildman–Crippen MR) is 87.5 cm³/mol. The molecule has 0 radical (unpaired) electrons. The smallest absolute Gasteiger partial charge is 0.345 e. The number of nitrogens with one attached hydrogen (secondary N) is 1. The van der Waals surface area contributed by atoms with Gasteiger partial charge in [-0.3, -0.25) is 4.79 Å². The molecule has 3 rings (SSSR count). The van der Waals surface area contributed by atoms with E-state index in [2.05, 4.69) is 15.3 Å². The van der Waals surface area contributed by atoms with Crippen molar-refractivity contribution in [3.8, 4) is 0 Å². The van der Waals surface area contributed by atoms with Crippen molar-refractivity contribution in [1.82, 2.24) is 9.97 Å². The van der Waals surface area contributed by atoms with Crippen LogP contribution < -0.4 is 10.2 Å². The Labute approximate surface area is 155 Å². The first-order chi connectivity index (χ1) is 13.1. The molecule has 5 nitrogen and oxygen atoms in total. The second-order valence-electron chi connectivity index (χ2n) is 6.17. The Morgan fingerprint density at radius 1 is 0.964 bits per heavy atom. The van der Waals surface area contributed by atoms with Gasteiger partial charge in [-0.05, 0) is 37.1 Å². The first kappa shape index (κ1) is 19.9. The molecule has 1 aliphatic heterocycles. The molecule has 0 bridgehead atoms. The normalized spacial score (nSPS) is 17.6. The molecule has 1 atom stereocenters. The number of nitrogens with zero attached hydrogens (tertiary/aromatic N) is 3. The molecule has 0 aliphatic carbocycles. The number of halogens is 6. The van der Waals surface area contributed by atoms with Crippen LogP contribution in [0.5, 0.6) is 0 Å². The van der Waals surface area contributed by atoms with Crippen molar-refractivity contribution in [3.05, 3.63) is 47.8 Å². The predicted octanol–water partition coefficient (Wildman–Crippen LogP) is 4.12. The number of hydrogen-bond acceptors (Lipinski definition) is 4. The third-order valence-electron chi connectivity index (χ3n) is 4.27. The first-order valence-electron chi connectivity index (χ1n) is 8.20. The van der Waals surface area contributed by atoms with Crippen LogP contribution in [0.4, 0.5) is 38.0 Å². The molecule has 1 N–H and O–H groups in total. The fourth-order valence-electron chi connectivity index (χ4n) is 2.88. The summed E-state index contributed by atoms with van der Waals surface area (Å²) < 4.78 is 75.6. The number of anilines is 2. The molecule has 0 spiro atoms. The van der Waals surface area contributed by atoms with E-state index in [0.717, 1.165) is 18.2 Å². The summed E-state index contributed by atoms with van der Waals surface area (Å²) in [4.78, 5) is 21.4. The average molecular weight is 404 g/mol. The van der Waals surface area contributed by atoms with Crippen molar-refractivity contribution in [2.24, 2.45) is 0 Å². The molecule has 0 aromatic carbocycles. The summed E-state index contributed by atoms with van der Waals surface area (Å²) in [5, 5.41) is 2.43. The highest BCUT2D eigenvalue weighted by Gasteiger charge is 2.34. The van der Waals surface area contributed by atoms with E-state index in [1.165, 1.54) is 6.07 Å². The zero-order valence-corrected chi connectivity index (χ0v) is 14.2. The van der Waals surface area contributed by atoms with Crippen LogP contribution in [-0.4, -0.2) is 28.5 Å². The quantitative estimate of drug-likeness (QED) is 0.782. The van der Waals surface area contributed by atoms with Crippen molar-refractivity contribution in [2.45, 2.75) is 31.2 Å². The Bertz CT molecular complexity index is 833. The summed E-state index contributed by atoms with van der Waals surface area (Å²) in [6.45, 7) is 0.414. The zero-order valence-electron chi connectivity index (χ0n) is 14.2. The minimum absolute atomic E-state index is 0.0507. The second kappa shape index (κ2) is 7.28. The lowest BCUT2D eigenvalue weighted by molar-refractivity contribution is -0.138. The van der Waals surface area contributed by atoms with Gasteiger partial charge in [0.2, 0.25) is 5.91 Å². The largest absolute Gasteiger partial charge is 0.417 e. The summed E-state index contributed by atoms with van der Waals surface area (Å²) in [6, 6.07) is 3.19. The fraction of sp³-hybridized carbons (Fsp3) is 0.353. The van der Waals surface area contributed by atoms with Crippen LogP contribution in [-0.2, 0) is 17.1 Å². The highest BCUT2D eigenvalue weighted by Crippen LogP contribution is 2.31. The average Bonchev–Trinajstić information content (AvgIpc) is 3.10. The monoisotopic (exact) mass is 404 g/mol. The molecule has 1 aliphatic rings. The van der Waals surface area contributed by atoms with E-state index < -0.39 is 35.4 Å². The number of pyridine rings is 2. The molecule has 150 valence electrons. The first-order valence-corrected chi connectivity index (χ1v) is 8.20. The summed E-state index contributed by atoms with van der Waals surface area (Å²) in [7, 11) is 0. The second-order valence-corrected chi connectivity index (χ2v) is 6.17. The van der Waals surface area contributed by atoms with Gasteiger partial charge in [0.15, 0.2) is 0 Å². The molecule has 2 aromatic heterocycles. The van der Waals surface area contributed by atoms with Gasteiger partial charge in [0.1, 0.15) is 17.7 Å². The number of carbonyl (C=O) groups is 1. The van der Waals surface area contributed by atoms with Gasteiger partial charge in [-0.1, -0.05) is 0 Å². The summed E-state index contributed by atoms with van der Waals surface area (Å²) in [6.07, 6.45) is -6.70. The van der Waals surface area contributed by atoms with E-state index in [-0.39, 0.29) is 11.6 Å². The van der Waals surface area contributed by atoms with Crippen LogP contribution in [0.3, 0.4) is 0 Å². The fourth-order valence-corrected chi connectivity index (χ4v) is 2.88. The maximum Gasteiger partial charge on any atom is 0.417 e. The number of aromatic nitrogens is 2. The Balaban J connectivity index is 1.71. The van der Waals surface area contributed by atoms with E-state index in [1.54, 1.807) is 4.90 Å². The van der Waals surface area contributed by atoms with Crippen molar-refractivity contribution in [2.75, 3.05) is 16.8 Å². The minimum Gasteiger partial charge on any atom is -0.345 e. The Hall–Kier alpha value is -2.85. The maximum absolute atomic E-state index is 12.7. The Morgan fingerprint density at radius 2 is 1.57 bits per heavy atom. The van der Waals surface area contributed by atoms with E-state index in [1.807, 2.05) is 0 Å². The number of alkyl halides is 6. The van der Waals surface area contributed by atoms with Gasteiger partial charge in [-0.15, -0.1) is 0 Å². The van der Waals surface area contributed by atoms with E-state index in [0.29, 0.717) is 31.8 Å². The van der Waals surface area contributed by atoms with Crippen molar-refractivity contribution in [1.29, 1.82) is 0 Å². The number of hydrogen-bond donors (Lipinski definition) is 1. The molecular formula is C17H14F6N4O. The van der Waals surface area contributed by atoms with Gasteiger partial charge in [0.25, 0.3) is 0 Å². The molecule has 1 saturated heterocycles. The van der Waals surface area contributed by atoms with Gasteiger partial charge in [0.05, 0.1) is 11.1 Å². The molecule has 28 heavy (non-hydrogen) atoms.